The van der Waals surface area contributed by atoms with Crippen molar-refractivity contribution < 1.29 is 9.59 Å². The number of hydrogen-bond acceptors (Lipinski definition) is 2. The number of halogens is 2. The third kappa shape index (κ3) is 4.50. The Morgan fingerprint density at radius 2 is 2.00 bits per heavy atom. The van der Waals surface area contributed by atoms with Gasteiger partial charge in [-0.3, -0.25) is 10.2 Å². The van der Waals surface area contributed by atoms with Crippen LogP contribution in [-0.2, 0) is 4.79 Å². The number of nitrogens with one attached hydrogen (secondary N) is 3. The number of aryl methyl sites for hydroxylation is 1. The molecule has 7 heteroatoms. The molecule has 0 aromatic heterocycles. The molecule has 0 heterocycles. The van der Waals surface area contributed by atoms with E-state index in [1.165, 1.54) is 0 Å². The highest BCUT2D eigenvalue weighted by Gasteiger charge is 2.06. The number of alkyl halides is 1. The van der Waals surface area contributed by atoms with E-state index in [4.69, 9.17) is 23.2 Å². The second-order valence-electron chi connectivity index (χ2n) is 3.24. The monoisotopic (exact) mass is 275 g/mol. The number of urea groups is 1. The molecule has 1 aromatic rings. The number of carbonyl (C=O) groups excluding carboxylic acids is 2. The van der Waals surface area contributed by atoms with Gasteiger partial charge in [0.1, 0.15) is 5.88 Å². The van der Waals surface area contributed by atoms with Crippen LogP contribution in [0.5, 0.6) is 0 Å². The van der Waals surface area contributed by atoms with E-state index in [0.29, 0.717) is 10.7 Å². The third-order valence-corrected chi connectivity index (χ3v) is 2.37. The van der Waals surface area contributed by atoms with Crippen LogP contribution in [0.3, 0.4) is 0 Å². The molecule has 17 heavy (non-hydrogen) atoms. The van der Waals surface area contributed by atoms with Gasteiger partial charge < -0.3 is 5.32 Å². The Morgan fingerprint density at radius 1 is 1.29 bits per heavy atom. The minimum atomic E-state index is -0.603. The lowest BCUT2D eigenvalue weighted by molar-refractivity contribution is -0.119. The molecule has 0 fully saturated rings. The van der Waals surface area contributed by atoms with Gasteiger partial charge in [0.15, 0.2) is 0 Å². The Labute approximate surface area is 108 Å². The summed E-state index contributed by atoms with van der Waals surface area (Å²) >= 11 is 11.1. The van der Waals surface area contributed by atoms with Crippen molar-refractivity contribution in [2.45, 2.75) is 6.92 Å². The molecule has 0 bridgehead atoms. The number of hydrogen-bond donors (Lipinski definition) is 3. The van der Waals surface area contributed by atoms with Gasteiger partial charge in [-0.2, -0.15) is 0 Å². The van der Waals surface area contributed by atoms with Gasteiger partial charge in [0.05, 0.1) is 10.7 Å². The largest absolute Gasteiger partial charge is 0.337 e. The normalized spacial score (nSPS) is 9.59. The molecule has 3 amide bonds. The van der Waals surface area contributed by atoms with Crippen LogP contribution in [0.25, 0.3) is 0 Å². The summed E-state index contributed by atoms with van der Waals surface area (Å²) in [6.45, 7) is 1.89. The van der Waals surface area contributed by atoms with Crippen molar-refractivity contribution in [1.29, 1.82) is 0 Å². The maximum absolute atomic E-state index is 11.3. The van der Waals surface area contributed by atoms with Gasteiger partial charge in [0.2, 0.25) is 0 Å². The van der Waals surface area contributed by atoms with E-state index in [0.717, 1.165) is 5.56 Å². The van der Waals surface area contributed by atoms with Crippen LogP contribution < -0.4 is 16.2 Å². The first kappa shape index (κ1) is 13.6. The molecule has 0 aliphatic rings. The molecule has 3 N–H and O–H groups in total. The lowest BCUT2D eigenvalue weighted by Crippen LogP contribution is -2.44. The first-order valence-corrected chi connectivity index (χ1v) is 5.62. The van der Waals surface area contributed by atoms with Crippen molar-refractivity contribution in [3.8, 4) is 0 Å². The average Bonchev–Trinajstić information content (AvgIpc) is 2.29. The number of amides is 3. The van der Waals surface area contributed by atoms with Gasteiger partial charge in [-0.05, 0) is 24.6 Å². The highest BCUT2D eigenvalue weighted by Crippen LogP contribution is 2.22. The third-order valence-electron chi connectivity index (χ3n) is 1.81. The Balaban J connectivity index is 2.53. The predicted octanol–water partition coefficient (Wildman–Crippen LogP) is 2.04. The van der Waals surface area contributed by atoms with Crippen LogP contribution in [0.2, 0.25) is 5.02 Å². The highest BCUT2D eigenvalue weighted by molar-refractivity contribution is 6.33. The zero-order chi connectivity index (χ0) is 12.8. The smallest absolute Gasteiger partial charge is 0.305 e. The lowest BCUT2D eigenvalue weighted by Gasteiger charge is -2.09. The summed E-state index contributed by atoms with van der Waals surface area (Å²) < 4.78 is 0. The molecule has 0 aliphatic heterocycles. The summed E-state index contributed by atoms with van der Waals surface area (Å²) in [6.07, 6.45) is 0. The summed E-state index contributed by atoms with van der Waals surface area (Å²) in [5.74, 6) is -0.734. The fourth-order valence-corrected chi connectivity index (χ4v) is 1.38. The Morgan fingerprint density at radius 3 is 2.59 bits per heavy atom. The van der Waals surface area contributed by atoms with Gasteiger partial charge in [-0.1, -0.05) is 17.7 Å². The molecule has 1 rings (SSSR count). The van der Waals surface area contributed by atoms with Crippen molar-refractivity contribution >= 4 is 40.8 Å². The molecule has 0 radical (unpaired) electrons. The Hall–Kier alpha value is -1.46. The second kappa shape index (κ2) is 6.32. The molecule has 0 atom stereocenters. The number of benzene rings is 1. The van der Waals surface area contributed by atoms with Crippen LogP contribution in [0.4, 0.5) is 10.5 Å². The van der Waals surface area contributed by atoms with E-state index in [-0.39, 0.29) is 5.88 Å². The van der Waals surface area contributed by atoms with E-state index in [1.807, 2.05) is 6.92 Å². The molecular weight excluding hydrogens is 265 g/mol. The summed E-state index contributed by atoms with van der Waals surface area (Å²) in [5, 5.41) is 2.90. The standard InChI is InChI=1S/C10H11Cl2N3O2/c1-6-2-3-8(7(12)4-6)13-10(17)15-14-9(16)5-11/h2-4H,5H2,1H3,(H,14,16)(H2,13,15,17). The van der Waals surface area contributed by atoms with Crippen molar-refractivity contribution in [2.75, 3.05) is 11.2 Å². The maximum atomic E-state index is 11.3. The van der Waals surface area contributed by atoms with Crippen LogP contribution in [0.15, 0.2) is 18.2 Å². The van der Waals surface area contributed by atoms with Gasteiger partial charge in [-0.15, -0.1) is 11.6 Å². The predicted molar refractivity (Wildman–Crippen MR) is 67.2 cm³/mol. The van der Waals surface area contributed by atoms with Crippen molar-refractivity contribution in [3.05, 3.63) is 28.8 Å². The Kier molecular flexibility index (Phi) is 5.06. The molecule has 92 valence electrons. The van der Waals surface area contributed by atoms with Gasteiger partial charge in [0, 0.05) is 0 Å². The van der Waals surface area contributed by atoms with Crippen molar-refractivity contribution in [1.82, 2.24) is 10.9 Å². The van der Waals surface area contributed by atoms with Crippen molar-refractivity contribution in [3.63, 3.8) is 0 Å². The first-order valence-electron chi connectivity index (χ1n) is 4.71. The summed E-state index contributed by atoms with van der Waals surface area (Å²) in [5.41, 5.74) is 5.67. The minimum Gasteiger partial charge on any atom is -0.305 e. The fourth-order valence-electron chi connectivity index (χ4n) is 1.03. The first-order chi connectivity index (χ1) is 8.02. The van der Waals surface area contributed by atoms with Crippen LogP contribution in [0.1, 0.15) is 5.56 Å². The molecule has 0 aliphatic carbocycles. The van der Waals surface area contributed by atoms with E-state index in [9.17, 15) is 9.59 Å². The number of rotatable bonds is 2. The van der Waals surface area contributed by atoms with Crippen LogP contribution in [0, 0.1) is 6.92 Å². The average molecular weight is 276 g/mol. The lowest BCUT2D eigenvalue weighted by atomic mass is 10.2. The topological polar surface area (TPSA) is 70.2 Å². The molecule has 5 nitrogen and oxygen atoms in total. The summed E-state index contributed by atoms with van der Waals surface area (Å²) in [6, 6.07) is 4.59. The molecule has 0 saturated heterocycles. The molecule has 0 spiro atoms. The molecule has 0 saturated carbocycles. The number of hydrazine groups is 1. The fraction of sp³-hybridized carbons (Fsp3) is 0.200. The second-order valence-corrected chi connectivity index (χ2v) is 3.92. The van der Waals surface area contributed by atoms with Crippen LogP contribution >= 0.6 is 23.2 Å². The van der Waals surface area contributed by atoms with E-state index >= 15 is 0 Å². The molecular formula is C10H11Cl2N3O2. The van der Waals surface area contributed by atoms with Gasteiger partial charge in [-0.25, -0.2) is 10.2 Å². The van der Waals surface area contributed by atoms with E-state index in [2.05, 4.69) is 16.2 Å². The zero-order valence-electron chi connectivity index (χ0n) is 9.01. The molecule has 0 unspecified atom stereocenters. The number of anilines is 1. The Bertz CT molecular complexity index is 438. The summed E-state index contributed by atoms with van der Waals surface area (Å²) in [4.78, 5) is 22.1. The zero-order valence-corrected chi connectivity index (χ0v) is 10.5. The van der Waals surface area contributed by atoms with Gasteiger partial charge in [0.25, 0.3) is 5.91 Å². The van der Waals surface area contributed by atoms with Crippen molar-refractivity contribution in [2.24, 2.45) is 0 Å². The number of carbonyl (C=O) groups is 2. The SMILES string of the molecule is Cc1ccc(NC(=O)NNC(=O)CCl)c(Cl)c1. The molecule has 1 aromatic carbocycles. The summed E-state index contributed by atoms with van der Waals surface area (Å²) in [7, 11) is 0. The maximum Gasteiger partial charge on any atom is 0.337 e. The van der Waals surface area contributed by atoms with Gasteiger partial charge >= 0.3 is 6.03 Å². The van der Waals surface area contributed by atoms with E-state index in [1.54, 1.807) is 18.2 Å². The van der Waals surface area contributed by atoms with E-state index < -0.39 is 11.9 Å². The highest BCUT2D eigenvalue weighted by atomic mass is 35.5. The minimum absolute atomic E-state index is 0.231. The van der Waals surface area contributed by atoms with Crippen LogP contribution in [-0.4, -0.2) is 17.8 Å². The quantitative estimate of drug-likeness (QED) is 0.571.